The van der Waals surface area contributed by atoms with Gasteiger partial charge in [-0.2, -0.15) is 0 Å². The number of benzene rings is 2. The number of sulfonamides is 1. The number of nitrogens with zero attached hydrogens (tertiary/aromatic N) is 1. The first-order valence-corrected chi connectivity index (χ1v) is 10.6. The number of nitrogens with one attached hydrogen (secondary N) is 1. The molecule has 2 aromatic rings. The van der Waals surface area contributed by atoms with Crippen molar-refractivity contribution in [1.29, 1.82) is 0 Å². The van der Waals surface area contributed by atoms with E-state index in [0.29, 0.717) is 19.0 Å². The average Bonchev–Trinajstić information content (AvgIpc) is 2.69. The van der Waals surface area contributed by atoms with Crippen LogP contribution < -0.4 is 4.72 Å². The molecule has 1 fully saturated rings. The molecule has 1 heterocycles. The summed E-state index contributed by atoms with van der Waals surface area (Å²) in [7, 11) is -3.51. The van der Waals surface area contributed by atoms with Crippen LogP contribution in [0.5, 0.6) is 0 Å². The standard InChI is InChI=1S/C20H26N2O3S/c23-16-17-5-4-13-22(15-17)14-12-21-26(24,25)20-10-8-19(9-11-20)18-6-2-1-3-7-18/h1-3,6-11,17,21,23H,4-5,12-16H2/t17-/m0/s1. The molecule has 6 heteroatoms. The van der Waals surface area contributed by atoms with Gasteiger partial charge >= 0.3 is 0 Å². The molecule has 3 rings (SSSR count). The third-order valence-corrected chi connectivity index (χ3v) is 6.33. The summed E-state index contributed by atoms with van der Waals surface area (Å²) in [5, 5.41) is 9.28. The van der Waals surface area contributed by atoms with Gasteiger partial charge in [-0.15, -0.1) is 0 Å². The van der Waals surface area contributed by atoms with Crippen LogP contribution >= 0.6 is 0 Å². The van der Waals surface area contributed by atoms with Crippen molar-refractivity contribution in [3.05, 3.63) is 54.6 Å². The molecule has 0 aliphatic carbocycles. The molecular weight excluding hydrogens is 348 g/mol. The highest BCUT2D eigenvalue weighted by atomic mass is 32.2. The highest BCUT2D eigenvalue weighted by molar-refractivity contribution is 7.89. The molecule has 1 saturated heterocycles. The number of likely N-dealkylation sites (tertiary alicyclic amines) is 1. The van der Waals surface area contributed by atoms with Crippen molar-refractivity contribution in [2.45, 2.75) is 17.7 Å². The third-order valence-electron chi connectivity index (χ3n) is 4.85. The predicted molar refractivity (Wildman–Crippen MR) is 103 cm³/mol. The molecule has 2 N–H and O–H groups in total. The number of aliphatic hydroxyl groups is 1. The molecule has 5 nitrogen and oxygen atoms in total. The van der Waals surface area contributed by atoms with Gasteiger partial charge in [-0.3, -0.25) is 0 Å². The second kappa shape index (κ2) is 8.77. The minimum atomic E-state index is -3.51. The first-order valence-electron chi connectivity index (χ1n) is 9.07. The molecule has 0 unspecified atom stereocenters. The second-order valence-electron chi connectivity index (χ2n) is 6.78. The maximum atomic E-state index is 12.5. The zero-order chi connectivity index (χ0) is 18.4. The summed E-state index contributed by atoms with van der Waals surface area (Å²) in [5.74, 6) is 0.311. The number of piperidine rings is 1. The lowest BCUT2D eigenvalue weighted by Gasteiger charge is -2.31. The molecule has 0 radical (unpaired) electrons. The number of hydrogen-bond acceptors (Lipinski definition) is 4. The minimum Gasteiger partial charge on any atom is -0.396 e. The third kappa shape index (κ3) is 4.92. The molecule has 0 aromatic heterocycles. The maximum absolute atomic E-state index is 12.5. The Balaban J connectivity index is 1.56. The molecule has 1 aliphatic rings. The van der Waals surface area contributed by atoms with E-state index in [-0.39, 0.29) is 11.5 Å². The Labute approximate surface area is 155 Å². The highest BCUT2D eigenvalue weighted by Gasteiger charge is 2.20. The highest BCUT2D eigenvalue weighted by Crippen LogP contribution is 2.21. The van der Waals surface area contributed by atoms with E-state index < -0.39 is 10.0 Å². The van der Waals surface area contributed by atoms with Crippen LogP contribution in [-0.2, 0) is 10.0 Å². The van der Waals surface area contributed by atoms with Gasteiger partial charge in [0.2, 0.25) is 10.0 Å². The Kier molecular flexibility index (Phi) is 6.43. The SMILES string of the molecule is O=S(=O)(NCCN1CCC[C@H](CO)C1)c1ccc(-c2ccccc2)cc1. The van der Waals surface area contributed by atoms with Gasteiger partial charge in [-0.1, -0.05) is 42.5 Å². The van der Waals surface area contributed by atoms with Crippen molar-refractivity contribution in [3.63, 3.8) is 0 Å². The van der Waals surface area contributed by atoms with Crippen molar-refractivity contribution >= 4 is 10.0 Å². The summed E-state index contributed by atoms with van der Waals surface area (Å²) >= 11 is 0. The van der Waals surface area contributed by atoms with Gasteiger partial charge in [-0.05, 0) is 48.6 Å². The molecule has 0 spiro atoms. The Hall–Kier alpha value is -1.73. The summed E-state index contributed by atoms with van der Waals surface area (Å²) in [5.41, 5.74) is 2.06. The maximum Gasteiger partial charge on any atom is 0.240 e. The lowest BCUT2D eigenvalue weighted by Crippen LogP contribution is -2.41. The largest absolute Gasteiger partial charge is 0.396 e. The Morgan fingerprint density at radius 1 is 1.04 bits per heavy atom. The molecule has 0 bridgehead atoms. The van der Waals surface area contributed by atoms with Crippen molar-refractivity contribution in [2.24, 2.45) is 5.92 Å². The van der Waals surface area contributed by atoms with Gasteiger partial charge in [0, 0.05) is 26.2 Å². The van der Waals surface area contributed by atoms with Crippen molar-refractivity contribution in [3.8, 4) is 11.1 Å². The molecule has 140 valence electrons. The predicted octanol–water partition coefficient (Wildman–Crippen LogP) is 2.34. The van der Waals surface area contributed by atoms with E-state index in [2.05, 4.69) is 9.62 Å². The zero-order valence-electron chi connectivity index (χ0n) is 14.8. The molecule has 0 amide bonds. The average molecular weight is 375 g/mol. The van der Waals surface area contributed by atoms with Crippen LogP contribution in [0, 0.1) is 5.92 Å². The van der Waals surface area contributed by atoms with Gasteiger partial charge in [0.1, 0.15) is 0 Å². The Bertz CT molecular complexity index is 792. The monoisotopic (exact) mass is 374 g/mol. The Morgan fingerprint density at radius 2 is 1.73 bits per heavy atom. The van der Waals surface area contributed by atoms with Crippen LogP contribution in [-0.4, -0.2) is 51.2 Å². The van der Waals surface area contributed by atoms with E-state index in [1.54, 1.807) is 12.1 Å². The molecule has 1 aliphatic heterocycles. The molecular formula is C20H26N2O3S. The van der Waals surface area contributed by atoms with Crippen LogP contribution in [0.3, 0.4) is 0 Å². The molecule has 2 aromatic carbocycles. The summed E-state index contributed by atoms with van der Waals surface area (Å²) in [4.78, 5) is 2.50. The summed E-state index contributed by atoms with van der Waals surface area (Å²) in [6.07, 6.45) is 2.10. The molecule has 26 heavy (non-hydrogen) atoms. The van der Waals surface area contributed by atoms with Crippen molar-refractivity contribution in [2.75, 3.05) is 32.8 Å². The van der Waals surface area contributed by atoms with E-state index >= 15 is 0 Å². The fraction of sp³-hybridized carbons (Fsp3) is 0.400. The number of aliphatic hydroxyl groups excluding tert-OH is 1. The van der Waals surface area contributed by atoms with Crippen LogP contribution in [0.1, 0.15) is 12.8 Å². The summed E-state index contributed by atoms with van der Waals surface area (Å²) in [6, 6.07) is 16.8. The number of rotatable bonds is 7. The fourth-order valence-corrected chi connectivity index (χ4v) is 4.40. The first-order chi connectivity index (χ1) is 12.6. The lowest BCUT2D eigenvalue weighted by atomic mass is 9.99. The van der Waals surface area contributed by atoms with Gasteiger partial charge in [-0.25, -0.2) is 13.1 Å². The Morgan fingerprint density at radius 3 is 2.42 bits per heavy atom. The normalized spacial score (nSPS) is 18.7. The fourth-order valence-electron chi connectivity index (χ4n) is 3.38. The zero-order valence-corrected chi connectivity index (χ0v) is 15.7. The van der Waals surface area contributed by atoms with E-state index in [9.17, 15) is 13.5 Å². The smallest absolute Gasteiger partial charge is 0.240 e. The number of hydrogen-bond donors (Lipinski definition) is 2. The van der Waals surface area contributed by atoms with Gasteiger partial charge in [0.05, 0.1) is 4.90 Å². The minimum absolute atomic E-state index is 0.204. The van der Waals surface area contributed by atoms with Crippen LogP contribution in [0.15, 0.2) is 59.5 Å². The van der Waals surface area contributed by atoms with E-state index in [1.165, 1.54) is 0 Å². The van der Waals surface area contributed by atoms with Crippen LogP contribution in [0.4, 0.5) is 0 Å². The van der Waals surface area contributed by atoms with Crippen molar-refractivity contribution in [1.82, 2.24) is 9.62 Å². The first kappa shape index (κ1) is 19.0. The van der Waals surface area contributed by atoms with Gasteiger partial charge in [0.25, 0.3) is 0 Å². The lowest BCUT2D eigenvalue weighted by molar-refractivity contribution is 0.122. The van der Waals surface area contributed by atoms with Crippen LogP contribution in [0.2, 0.25) is 0 Å². The van der Waals surface area contributed by atoms with Gasteiger partial charge in [0.15, 0.2) is 0 Å². The van der Waals surface area contributed by atoms with E-state index in [0.717, 1.165) is 37.1 Å². The van der Waals surface area contributed by atoms with Crippen molar-refractivity contribution < 1.29 is 13.5 Å². The van der Waals surface area contributed by atoms with Gasteiger partial charge < -0.3 is 10.0 Å². The second-order valence-corrected chi connectivity index (χ2v) is 8.55. The summed E-state index contributed by atoms with van der Waals surface area (Å²) in [6.45, 7) is 3.04. The quantitative estimate of drug-likeness (QED) is 0.780. The van der Waals surface area contributed by atoms with E-state index in [4.69, 9.17) is 0 Å². The molecule has 1 atom stereocenters. The summed E-state index contributed by atoms with van der Waals surface area (Å²) < 4.78 is 27.6. The van der Waals surface area contributed by atoms with E-state index in [1.807, 2.05) is 42.5 Å². The molecule has 0 saturated carbocycles. The van der Waals surface area contributed by atoms with Crippen LogP contribution in [0.25, 0.3) is 11.1 Å². The topological polar surface area (TPSA) is 69.6 Å².